The number of hydrogen-bond donors (Lipinski definition) is 1. The van der Waals surface area contributed by atoms with Gasteiger partial charge in [-0.05, 0) is 32.8 Å². The summed E-state index contributed by atoms with van der Waals surface area (Å²) in [5.41, 5.74) is 0.659. The van der Waals surface area contributed by atoms with E-state index < -0.39 is 0 Å². The lowest BCUT2D eigenvalue weighted by atomic mass is 9.71. The van der Waals surface area contributed by atoms with Crippen molar-refractivity contribution >= 4 is 11.8 Å². The van der Waals surface area contributed by atoms with Crippen LogP contribution in [0.25, 0.3) is 0 Å². The Morgan fingerprint density at radius 2 is 2.12 bits per heavy atom. The smallest absolute Gasteiger partial charge is 0.255 e. The van der Waals surface area contributed by atoms with Crippen molar-refractivity contribution in [1.29, 1.82) is 0 Å². The molecule has 3 heterocycles. The molecule has 0 bridgehead atoms. The maximum absolute atomic E-state index is 12.7. The number of nitrogens with one attached hydrogen (secondary N) is 1. The molecule has 0 saturated carbocycles. The molecule has 0 aromatic carbocycles. The van der Waals surface area contributed by atoms with Crippen molar-refractivity contribution in [3.63, 3.8) is 0 Å². The number of carbonyl (C=O) groups excluding carboxylic acids is 2. The van der Waals surface area contributed by atoms with Gasteiger partial charge in [0.25, 0.3) is 5.91 Å². The minimum atomic E-state index is -0.0677. The zero-order valence-corrected chi connectivity index (χ0v) is 14.6. The van der Waals surface area contributed by atoms with E-state index in [1.807, 2.05) is 29.7 Å². The van der Waals surface area contributed by atoms with Gasteiger partial charge < -0.3 is 19.5 Å². The average Bonchev–Trinajstić information content (AvgIpc) is 3.21. The molecule has 2 saturated heterocycles. The number of likely N-dealkylation sites (tertiary alicyclic amines) is 2. The maximum atomic E-state index is 12.7. The van der Waals surface area contributed by atoms with E-state index in [0.717, 1.165) is 25.9 Å². The van der Waals surface area contributed by atoms with Crippen LogP contribution in [0.15, 0.2) is 18.5 Å². The number of amides is 2. The van der Waals surface area contributed by atoms with Gasteiger partial charge in [0.1, 0.15) is 0 Å². The van der Waals surface area contributed by atoms with Crippen molar-refractivity contribution in [2.75, 3.05) is 39.4 Å². The Balaban J connectivity index is 1.70. The normalized spacial score (nSPS) is 23.2. The van der Waals surface area contributed by atoms with Crippen LogP contribution in [0.4, 0.5) is 0 Å². The quantitative estimate of drug-likeness (QED) is 0.893. The highest BCUT2D eigenvalue weighted by Gasteiger charge is 2.52. The van der Waals surface area contributed by atoms with E-state index in [0.29, 0.717) is 31.9 Å². The van der Waals surface area contributed by atoms with Crippen LogP contribution >= 0.6 is 0 Å². The third-order valence-corrected chi connectivity index (χ3v) is 5.62. The molecule has 1 N–H and O–H groups in total. The van der Waals surface area contributed by atoms with Crippen LogP contribution in [0.1, 0.15) is 37.0 Å². The monoisotopic (exact) mass is 333 g/mol. The number of aromatic amines is 1. The van der Waals surface area contributed by atoms with Gasteiger partial charge in [-0.1, -0.05) is 0 Å². The van der Waals surface area contributed by atoms with Gasteiger partial charge in [0.15, 0.2) is 0 Å². The second kappa shape index (κ2) is 6.97. The number of aromatic nitrogens is 1. The number of piperidine rings is 1. The summed E-state index contributed by atoms with van der Waals surface area (Å²) in [6.07, 6.45) is 5.24. The molecule has 3 rings (SSSR count). The summed E-state index contributed by atoms with van der Waals surface area (Å²) in [4.78, 5) is 32.0. The standard InChI is InChI=1S/C18H27N3O3/c1-3-20-13-18(15(17(20)23)12-24-4-2)6-9-21(10-7-18)16(22)14-5-8-19-11-14/h5,8,11,15,19H,3-4,6-7,9-10,12-13H2,1-2H3. The number of nitrogens with zero attached hydrogens (tertiary/aromatic N) is 2. The maximum Gasteiger partial charge on any atom is 0.255 e. The van der Waals surface area contributed by atoms with Gasteiger partial charge in [-0.25, -0.2) is 0 Å². The highest BCUT2D eigenvalue weighted by Crippen LogP contribution is 2.45. The Hall–Kier alpha value is -1.82. The van der Waals surface area contributed by atoms with Gasteiger partial charge >= 0.3 is 0 Å². The SMILES string of the molecule is CCOCC1C(=O)N(CC)CC12CCN(C(=O)c1cc[nH]c1)CC2. The summed E-state index contributed by atoms with van der Waals surface area (Å²) in [5, 5.41) is 0. The molecule has 1 aromatic heterocycles. The molecule has 1 aromatic rings. The first-order valence-corrected chi connectivity index (χ1v) is 8.90. The number of ether oxygens (including phenoxy) is 1. The molecule has 132 valence electrons. The van der Waals surface area contributed by atoms with E-state index in [4.69, 9.17) is 4.74 Å². The van der Waals surface area contributed by atoms with Crippen LogP contribution in [0.3, 0.4) is 0 Å². The Morgan fingerprint density at radius 3 is 2.71 bits per heavy atom. The zero-order valence-electron chi connectivity index (χ0n) is 14.6. The second-order valence-corrected chi connectivity index (χ2v) is 6.82. The number of rotatable bonds is 5. The van der Waals surface area contributed by atoms with E-state index >= 15 is 0 Å². The molecule has 1 unspecified atom stereocenters. The molecule has 24 heavy (non-hydrogen) atoms. The highest BCUT2D eigenvalue weighted by atomic mass is 16.5. The summed E-state index contributed by atoms with van der Waals surface area (Å²) in [5.74, 6) is 0.224. The predicted octanol–water partition coefficient (Wildman–Crippen LogP) is 1.75. The molecular formula is C18H27N3O3. The van der Waals surface area contributed by atoms with Crippen molar-refractivity contribution in [3.8, 4) is 0 Å². The van der Waals surface area contributed by atoms with Crippen molar-refractivity contribution in [2.24, 2.45) is 11.3 Å². The first-order valence-electron chi connectivity index (χ1n) is 8.90. The fourth-order valence-corrected chi connectivity index (χ4v) is 4.10. The van der Waals surface area contributed by atoms with Crippen LogP contribution < -0.4 is 0 Å². The Morgan fingerprint density at radius 1 is 1.38 bits per heavy atom. The van der Waals surface area contributed by atoms with E-state index in [-0.39, 0.29) is 23.1 Å². The average molecular weight is 333 g/mol. The van der Waals surface area contributed by atoms with Gasteiger partial charge in [-0.15, -0.1) is 0 Å². The lowest BCUT2D eigenvalue weighted by Crippen LogP contribution is -2.47. The number of H-pyrrole nitrogens is 1. The Bertz CT molecular complexity index is 576. The molecule has 6 heteroatoms. The van der Waals surface area contributed by atoms with E-state index in [2.05, 4.69) is 4.98 Å². The predicted molar refractivity (Wildman–Crippen MR) is 90.6 cm³/mol. The van der Waals surface area contributed by atoms with Gasteiger partial charge in [0.2, 0.25) is 5.91 Å². The minimum absolute atomic E-state index is 0.0445. The van der Waals surface area contributed by atoms with Crippen LogP contribution in [0.5, 0.6) is 0 Å². The van der Waals surface area contributed by atoms with Crippen LogP contribution in [0.2, 0.25) is 0 Å². The molecule has 6 nitrogen and oxygen atoms in total. The first kappa shape index (κ1) is 17.0. The Kier molecular flexibility index (Phi) is 4.94. The highest BCUT2D eigenvalue weighted by molar-refractivity contribution is 5.94. The molecule has 0 radical (unpaired) electrons. The largest absolute Gasteiger partial charge is 0.381 e. The molecule has 0 aliphatic carbocycles. The molecule has 1 spiro atoms. The number of carbonyl (C=O) groups is 2. The molecular weight excluding hydrogens is 306 g/mol. The zero-order chi connectivity index (χ0) is 17.2. The Labute approximate surface area is 143 Å². The van der Waals surface area contributed by atoms with Crippen molar-refractivity contribution < 1.29 is 14.3 Å². The fraction of sp³-hybridized carbons (Fsp3) is 0.667. The van der Waals surface area contributed by atoms with Crippen molar-refractivity contribution in [3.05, 3.63) is 24.0 Å². The van der Waals surface area contributed by atoms with E-state index in [9.17, 15) is 9.59 Å². The van der Waals surface area contributed by atoms with Crippen molar-refractivity contribution in [1.82, 2.24) is 14.8 Å². The summed E-state index contributed by atoms with van der Waals surface area (Å²) < 4.78 is 5.61. The summed E-state index contributed by atoms with van der Waals surface area (Å²) in [6.45, 7) is 8.07. The lowest BCUT2D eigenvalue weighted by Gasteiger charge is -2.41. The molecule has 2 aliphatic rings. The van der Waals surface area contributed by atoms with Gasteiger partial charge in [-0.2, -0.15) is 0 Å². The summed E-state index contributed by atoms with van der Waals surface area (Å²) in [7, 11) is 0. The minimum Gasteiger partial charge on any atom is -0.381 e. The molecule has 2 amide bonds. The van der Waals surface area contributed by atoms with Crippen LogP contribution in [-0.2, 0) is 9.53 Å². The van der Waals surface area contributed by atoms with Gasteiger partial charge in [0.05, 0.1) is 18.1 Å². The van der Waals surface area contributed by atoms with Crippen molar-refractivity contribution in [2.45, 2.75) is 26.7 Å². The fourth-order valence-electron chi connectivity index (χ4n) is 4.10. The second-order valence-electron chi connectivity index (χ2n) is 6.82. The van der Waals surface area contributed by atoms with Gasteiger partial charge in [0, 0.05) is 50.6 Å². The lowest BCUT2D eigenvalue weighted by molar-refractivity contribution is -0.133. The summed E-state index contributed by atoms with van der Waals surface area (Å²) >= 11 is 0. The van der Waals surface area contributed by atoms with Crippen LogP contribution in [0, 0.1) is 11.3 Å². The first-order chi connectivity index (χ1) is 11.6. The third-order valence-electron chi connectivity index (χ3n) is 5.62. The number of hydrogen-bond acceptors (Lipinski definition) is 3. The molecule has 2 aliphatic heterocycles. The molecule has 2 fully saturated rings. The third kappa shape index (κ3) is 2.95. The van der Waals surface area contributed by atoms with Crippen LogP contribution in [-0.4, -0.2) is 66.0 Å². The van der Waals surface area contributed by atoms with Gasteiger partial charge in [-0.3, -0.25) is 9.59 Å². The van der Waals surface area contributed by atoms with E-state index in [1.165, 1.54) is 0 Å². The summed E-state index contributed by atoms with van der Waals surface area (Å²) in [6, 6.07) is 1.81. The topological polar surface area (TPSA) is 65.6 Å². The molecule has 1 atom stereocenters. The van der Waals surface area contributed by atoms with E-state index in [1.54, 1.807) is 12.4 Å².